The summed E-state index contributed by atoms with van der Waals surface area (Å²) in [5.41, 5.74) is 4.48. The van der Waals surface area contributed by atoms with Crippen LogP contribution in [0.2, 0.25) is 0 Å². The van der Waals surface area contributed by atoms with E-state index in [1.807, 2.05) is 42.2 Å². The molecule has 1 saturated heterocycles. The fraction of sp³-hybridized carbons (Fsp3) is 0.333. The number of carbonyl (C=O) groups excluding carboxylic acids is 2. The zero-order valence-electron chi connectivity index (χ0n) is 17.2. The third-order valence-corrected chi connectivity index (χ3v) is 6.62. The van der Waals surface area contributed by atoms with E-state index in [1.54, 1.807) is 0 Å². The molecule has 2 amide bonds. The highest BCUT2D eigenvalue weighted by molar-refractivity contribution is 8.00. The first kappa shape index (κ1) is 20.5. The average molecular weight is 422 g/mol. The average Bonchev–Trinajstić information content (AvgIpc) is 3.19. The number of hydrogen-bond donors (Lipinski definition) is 2. The van der Waals surface area contributed by atoms with Crippen molar-refractivity contribution in [1.29, 1.82) is 0 Å². The maximum absolute atomic E-state index is 12.5. The van der Waals surface area contributed by atoms with Gasteiger partial charge in [0, 0.05) is 35.9 Å². The van der Waals surface area contributed by atoms with Gasteiger partial charge in [0.25, 0.3) is 0 Å². The Hall–Kier alpha value is -2.73. The molecule has 4 rings (SSSR count). The minimum Gasteiger partial charge on any atom is -0.361 e. The van der Waals surface area contributed by atoms with Crippen LogP contribution < -0.4 is 5.32 Å². The Labute approximate surface area is 181 Å². The molecule has 1 aromatic heterocycles. The quantitative estimate of drug-likeness (QED) is 0.613. The summed E-state index contributed by atoms with van der Waals surface area (Å²) in [5, 5.41) is 4.16. The normalized spacial score (nSPS) is 14.8. The number of nitrogens with one attached hydrogen (secondary N) is 2. The molecule has 0 atom stereocenters. The Kier molecular flexibility index (Phi) is 6.43. The second-order valence-electron chi connectivity index (χ2n) is 7.85. The number of aryl methyl sites for hydroxylation is 1. The van der Waals surface area contributed by atoms with Crippen LogP contribution in [0, 0.1) is 6.92 Å². The van der Waals surface area contributed by atoms with Gasteiger partial charge in [-0.25, -0.2) is 0 Å². The molecular weight excluding hydrogens is 394 g/mol. The summed E-state index contributed by atoms with van der Waals surface area (Å²) in [4.78, 5) is 29.9. The molecule has 1 aliphatic rings. The van der Waals surface area contributed by atoms with Crippen molar-refractivity contribution >= 4 is 40.2 Å². The van der Waals surface area contributed by atoms with E-state index in [9.17, 15) is 9.59 Å². The lowest BCUT2D eigenvalue weighted by Crippen LogP contribution is -2.39. The van der Waals surface area contributed by atoms with Crippen molar-refractivity contribution in [2.24, 2.45) is 0 Å². The molecule has 0 radical (unpaired) electrons. The first-order valence-electron chi connectivity index (χ1n) is 10.4. The summed E-state index contributed by atoms with van der Waals surface area (Å²) in [6.07, 6.45) is 4.08. The molecule has 6 heteroatoms. The minimum absolute atomic E-state index is 0.0744. The highest BCUT2D eigenvalue weighted by atomic mass is 32.2. The summed E-state index contributed by atoms with van der Waals surface area (Å²) < 4.78 is 0. The maximum Gasteiger partial charge on any atom is 0.234 e. The van der Waals surface area contributed by atoms with Crippen molar-refractivity contribution in [2.75, 3.05) is 29.9 Å². The number of fused-ring (bicyclic) bond motifs is 1. The number of anilines is 1. The number of piperidine rings is 1. The first-order chi connectivity index (χ1) is 14.6. The van der Waals surface area contributed by atoms with Gasteiger partial charge in [-0.15, -0.1) is 11.8 Å². The van der Waals surface area contributed by atoms with Crippen molar-refractivity contribution in [1.82, 2.24) is 9.88 Å². The van der Waals surface area contributed by atoms with Crippen LogP contribution in [0.25, 0.3) is 10.9 Å². The molecule has 5 nitrogen and oxygen atoms in total. The number of hydrogen-bond acceptors (Lipinski definition) is 3. The summed E-state index contributed by atoms with van der Waals surface area (Å²) in [6, 6.07) is 16.1. The number of aromatic nitrogens is 1. The molecule has 30 heavy (non-hydrogen) atoms. The van der Waals surface area contributed by atoms with Gasteiger partial charge in [0.1, 0.15) is 0 Å². The van der Waals surface area contributed by atoms with E-state index in [1.165, 1.54) is 28.2 Å². The standard InChI is InChI=1S/C24H27N3O2S/c1-17-6-8-19(9-7-17)26-23(28)15-30-16-24(29)27-12-10-18(11-13-27)21-14-25-22-5-3-2-4-20(21)22/h2-9,14,18,25H,10-13,15-16H2,1H3,(H,26,28). The van der Waals surface area contributed by atoms with E-state index in [0.717, 1.165) is 37.2 Å². The summed E-state index contributed by atoms with van der Waals surface area (Å²) in [7, 11) is 0. The van der Waals surface area contributed by atoms with E-state index in [0.29, 0.717) is 11.7 Å². The van der Waals surface area contributed by atoms with Crippen LogP contribution in [0.5, 0.6) is 0 Å². The molecule has 0 saturated carbocycles. The second-order valence-corrected chi connectivity index (χ2v) is 8.84. The van der Waals surface area contributed by atoms with Crippen LogP contribution >= 0.6 is 11.8 Å². The van der Waals surface area contributed by atoms with E-state index in [4.69, 9.17) is 0 Å². The number of likely N-dealkylation sites (tertiary alicyclic amines) is 1. The third kappa shape index (κ3) is 4.87. The van der Waals surface area contributed by atoms with Crippen molar-refractivity contribution in [3.63, 3.8) is 0 Å². The Morgan fingerprint density at radius 3 is 2.57 bits per heavy atom. The number of para-hydroxylation sites is 1. The number of thioether (sulfide) groups is 1. The molecule has 3 aromatic rings. The largest absolute Gasteiger partial charge is 0.361 e. The predicted octanol–water partition coefficient (Wildman–Crippen LogP) is 4.55. The number of amides is 2. The van der Waals surface area contributed by atoms with Gasteiger partial charge >= 0.3 is 0 Å². The van der Waals surface area contributed by atoms with Gasteiger partial charge in [-0.05, 0) is 49.4 Å². The fourth-order valence-electron chi connectivity index (χ4n) is 4.03. The first-order valence-corrected chi connectivity index (χ1v) is 11.5. The third-order valence-electron chi connectivity index (χ3n) is 5.70. The monoisotopic (exact) mass is 421 g/mol. The van der Waals surface area contributed by atoms with E-state index in [2.05, 4.69) is 34.7 Å². The molecule has 2 heterocycles. The minimum atomic E-state index is -0.0744. The topological polar surface area (TPSA) is 65.2 Å². The van der Waals surface area contributed by atoms with Crippen molar-refractivity contribution in [3.05, 3.63) is 65.9 Å². The molecule has 0 spiro atoms. The van der Waals surface area contributed by atoms with Crippen LogP contribution in [-0.4, -0.2) is 46.3 Å². The van der Waals surface area contributed by atoms with Crippen molar-refractivity contribution < 1.29 is 9.59 Å². The number of aromatic amines is 1. The molecule has 0 aliphatic carbocycles. The number of benzene rings is 2. The lowest BCUT2D eigenvalue weighted by Gasteiger charge is -2.32. The van der Waals surface area contributed by atoms with Crippen LogP contribution in [0.4, 0.5) is 5.69 Å². The lowest BCUT2D eigenvalue weighted by atomic mass is 9.89. The highest BCUT2D eigenvalue weighted by Crippen LogP contribution is 2.33. The fourth-order valence-corrected chi connectivity index (χ4v) is 4.74. The van der Waals surface area contributed by atoms with Gasteiger partial charge in [-0.2, -0.15) is 0 Å². The molecule has 1 aliphatic heterocycles. The number of nitrogens with zero attached hydrogens (tertiary/aromatic N) is 1. The van der Waals surface area contributed by atoms with Crippen molar-refractivity contribution in [3.8, 4) is 0 Å². The molecule has 2 aromatic carbocycles. The smallest absolute Gasteiger partial charge is 0.234 e. The van der Waals surface area contributed by atoms with Gasteiger partial charge in [0.2, 0.25) is 11.8 Å². The molecule has 0 unspecified atom stereocenters. The lowest BCUT2D eigenvalue weighted by molar-refractivity contribution is -0.129. The SMILES string of the molecule is Cc1ccc(NC(=O)CSCC(=O)N2CCC(c3c[nH]c4ccccc34)CC2)cc1. The Morgan fingerprint density at radius 2 is 1.80 bits per heavy atom. The van der Waals surface area contributed by atoms with Gasteiger partial charge in [0.15, 0.2) is 0 Å². The molecule has 1 fully saturated rings. The summed E-state index contributed by atoms with van der Waals surface area (Å²) >= 11 is 1.38. The Morgan fingerprint density at radius 1 is 1.07 bits per heavy atom. The molecular formula is C24H27N3O2S. The number of rotatable bonds is 6. The van der Waals surface area contributed by atoms with Crippen molar-refractivity contribution in [2.45, 2.75) is 25.7 Å². The van der Waals surface area contributed by atoms with E-state index < -0.39 is 0 Å². The van der Waals surface area contributed by atoms with Gasteiger partial charge in [-0.1, -0.05) is 35.9 Å². The van der Waals surface area contributed by atoms with Crippen LogP contribution in [0.1, 0.15) is 29.9 Å². The highest BCUT2D eigenvalue weighted by Gasteiger charge is 2.25. The van der Waals surface area contributed by atoms with Crippen LogP contribution in [-0.2, 0) is 9.59 Å². The molecule has 0 bridgehead atoms. The second kappa shape index (κ2) is 9.39. The van der Waals surface area contributed by atoms with Gasteiger partial charge in [0.05, 0.1) is 11.5 Å². The molecule has 2 N–H and O–H groups in total. The number of H-pyrrole nitrogens is 1. The van der Waals surface area contributed by atoms with Crippen LogP contribution in [0.3, 0.4) is 0 Å². The summed E-state index contributed by atoms with van der Waals surface area (Å²) in [6.45, 7) is 3.56. The van der Waals surface area contributed by atoms with Crippen LogP contribution in [0.15, 0.2) is 54.7 Å². The Bertz CT molecular complexity index is 1020. The zero-order chi connectivity index (χ0) is 20.9. The molecule has 156 valence electrons. The van der Waals surface area contributed by atoms with Gasteiger partial charge in [-0.3, -0.25) is 9.59 Å². The van der Waals surface area contributed by atoms with E-state index >= 15 is 0 Å². The van der Waals surface area contributed by atoms with E-state index in [-0.39, 0.29) is 17.6 Å². The summed E-state index contributed by atoms with van der Waals surface area (Å²) in [5.74, 6) is 1.16. The number of carbonyl (C=O) groups is 2. The predicted molar refractivity (Wildman–Crippen MR) is 124 cm³/mol. The maximum atomic E-state index is 12.5. The van der Waals surface area contributed by atoms with Gasteiger partial charge < -0.3 is 15.2 Å². The Balaban J connectivity index is 1.21. The zero-order valence-corrected chi connectivity index (χ0v) is 18.0.